The molecule has 2 heterocycles. The lowest BCUT2D eigenvalue weighted by atomic mass is 9.80. The number of nitrogens with one attached hydrogen (secondary N) is 1. The number of nitrogens with zero attached hydrogens (tertiary/aromatic N) is 1. The van der Waals surface area contributed by atoms with Gasteiger partial charge in [-0.3, -0.25) is 4.90 Å². The van der Waals surface area contributed by atoms with Crippen molar-refractivity contribution in [1.82, 2.24) is 10.2 Å². The van der Waals surface area contributed by atoms with Crippen LogP contribution < -0.4 is 5.32 Å². The summed E-state index contributed by atoms with van der Waals surface area (Å²) in [5.41, 5.74) is 5.51. The standard InChI is InChI=1S/C43H45ClN2O6/c1-31-39(42(47)51-24-20-37(33-14-7-3-8-15-33)34-16-9-4-10-17-34)40(35-18-11-19-36(44)28-35)41(43(48)52-29-32-12-5-2-6-13-32)38(45-31)30-50-27-23-46-21-25-49-26-22-46/h2-19,28,37,40,45H,20-27,29-30H2,1H3. The number of carbonyl (C=O) groups is 2. The highest BCUT2D eigenvalue weighted by Gasteiger charge is 2.39. The van der Waals surface area contributed by atoms with Crippen molar-refractivity contribution in [3.63, 3.8) is 0 Å². The van der Waals surface area contributed by atoms with Crippen LogP contribution in [0.15, 0.2) is 138 Å². The average Bonchev–Trinajstić information content (AvgIpc) is 3.18. The molecule has 1 saturated heterocycles. The second-order valence-electron chi connectivity index (χ2n) is 12.9. The molecule has 0 saturated carbocycles. The molecule has 1 fully saturated rings. The molecule has 2 aliphatic heterocycles. The number of esters is 2. The van der Waals surface area contributed by atoms with Gasteiger partial charge in [0.2, 0.25) is 0 Å². The number of hydrogen-bond acceptors (Lipinski definition) is 8. The van der Waals surface area contributed by atoms with E-state index in [1.807, 2.05) is 85.8 Å². The van der Waals surface area contributed by atoms with Gasteiger partial charge >= 0.3 is 11.9 Å². The second-order valence-corrected chi connectivity index (χ2v) is 13.3. The monoisotopic (exact) mass is 720 g/mol. The number of benzene rings is 4. The first-order valence-electron chi connectivity index (χ1n) is 17.8. The van der Waals surface area contributed by atoms with Crippen LogP contribution in [0.5, 0.6) is 0 Å². The van der Waals surface area contributed by atoms with Gasteiger partial charge in [-0.1, -0.05) is 115 Å². The molecular formula is C43H45ClN2O6. The number of hydrogen-bond donors (Lipinski definition) is 1. The maximum absolute atomic E-state index is 14.2. The van der Waals surface area contributed by atoms with Gasteiger partial charge in [0.1, 0.15) is 6.61 Å². The van der Waals surface area contributed by atoms with Gasteiger partial charge in [-0.15, -0.1) is 0 Å². The van der Waals surface area contributed by atoms with E-state index in [4.69, 9.17) is 30.5 Å². The van der Waals surface area contributed by atoms with E-state index in [0.29, 0.717) is 53.8 Å². The molecule has 0 bridgehead atoms. The molecule has 52 heavy (non-hydrogen) atoms. The number of carbonyl (C=O) groups excluding carboxylic acids is 2. The average molecular weight is 721 g/mol. The van der Waals surface area contributed by atoms with Crippen molar-refractivity contribution in [1.29, 1.82) is 0 Å². The molecule has 4 aromatic rings. The minimum absolute atomic E-state index is 0.0307. The molecule has 0 amide bonds. The first-order chi connectivity index (χ1) is 25.5. The Bertz CT molecular complexity index is 1800. The lowest BCUT2D eigenvalue weighted by Crippen LogP contribution is -2.39. The maximum atomic E-state index is 14.2. The summed E-state index contributed by atoms with van der Waals surface area (Å²) in [4.78, 5) is 30.8. The number of morpholine rings is 1. The smallest absolute Gasteiger partial charge is 0.337 e. The second kappa shape index (κ2) is 18.7. The number of dihydropyridines is 1. The van der Waals surface area contributed by atoms with Gasteiger partial charge in [0.05, 0.1) is 55.8 Å². The van der Waals surface area contributed by atoms with Crippen molar-refractivity contribution in [2.45, 2.75) is 31.8 Å². The Labute approximate surface area is 311 Å². The zero-order chi connectivity index (χ0) is 36.1. The molecule has 1 N–H and O–H groups in total. The third kappa shape index (κ3) is 9.78. The van der Waals surface area contributed by atoms with Crippen molar-refractivity contribution < 1.29 is 28.5 Å². The summed E-state index contributed by atoms with van der Waals surface area (Å²) in [6.07, 6.45) is 0.575. The molecule has 1 atom stereocenters. The van der Waals surface area contributed by atoms with Gasteiger partial charge in [0, 0.05) is 36.3 Å². The summed E-state index contributed by atoms with van der Waals surface area (Å²) >= 11 is 6.53. The van der Waals surface area contributed by atoms with Crippen LogP contribution >= 0.6 is 11.6 Å². The molecule has 0 aliphatic carbocycles. The van der Waals surface area contributed by atoms with Crippen molar-refractivity contribution >= 4 is 23.5 Å². The van der Waals surface area contributed by atoms with Crippen LogP contribution in [-0.2, 0) is 35.1 Å². The lowest BCUT2D eigenvalue weighted by Gasteiger charge is -2.32. The van der Waals surface area contributed by atoms with Crippen LogP contribution in [0, 0.1) is 0 Å². The van der Waals surface area contributed by atoms with Crippen LogP contribution in [0.4, 0.5) is 0 Å². The van der Waals surface area contributed by atoms with E-state index in [1.54, 1.807) is 12.1 Å². The Morgan fingerprint density at radius 1 is 0.788 bits per heavy atom. The minimum atomic E-state index is -0.812. The number of rotatable bonds is 15. The maximum Gasteiger partial charge on any atom is 0.337 e. The van der Waals surface area contributed by atoms with Gasteiger partial charge in [0.25, 0.3) is 0 Å². The van der Waals surface area contributed by atoms with E-state index in [0.717, 1.165) is 36.3 Å². The topological polar surface area (TPSA) is 86.3 Å². The zero-order valence-corrected chi connectivity index (χ0v) is 30.2. The lowest BCUT2D eigenvalue weighted by molar-refractivity contribution is -0.141. The fraction of sp³-hybridized carbons (Fsp3) is 0.302. The van der Waals surface area contributed by atoms with E-state index in [-0.39, 0.29) is 31.3 Å². The third-order valence-electron chi connectivity index (χ3n) is 9.42. The van der Waals surface area contributed by atoms with Crippen LogP contribution in [0.3, 0.4) is 0 Å². The molecule has 9 heteroatoms. The normalized spacial score (nSPS) is 16.5. The fourth-order valence-corrected chi connectivity index (χ4v) is 6.98. The van der Waals surface area contributed by atoms with Gasteiger partial charge in [0.15, 0.2) is 0 Å². The molecule has 4 aromatic carbocycles. The molecule has 2 aliphatic rings. The third-order valence-corrected chi connectivity index (χ3v) is 9.66. The Balaban J connectivity index is 1.27. The molecule has 270 valence electrons. The van der Waals surface area contributed by atoms with E-state index in [1.165, 1.54) is 0 Å². The summed E-state index contributed by atoms with van der Waals surface area (Å²) in [7, 11) is 0. The van der Waals surface area contributed by atoms with Crippen molar-refractivity contribution in [2.75, 3.05) is 52.7 Å². The first-order valence-corrected chi connectivity index (χ1v) is 18.2. The Morgan fingerprint density at radius 3 is 2.08 bits per heavy atom. The van der Waals surface area contributed by atoms with Crippen molar-refractivity contribution in [3.8, 4) is 0 Å². The van der Waals surface area contributed by atoms with Crippen LogP contribution in [0.1, 0.15) is 47.4 Å². The molecule has 6 rings (SSSR count). The largest absolute Gasteiger partial charge is 0.462 e. The van der Waals surface area contributed by atoms with Crippen LogP contribution in [0.2, 0.25) is 5.02 Å². The molecule has 8 nitrogen and oxygen atoms in total. The highest BCUT2D eigenvalue weighted by atomic mass is 35.5. The van der Waals surface area contributed by atoms with E-state index >= 15 is 0 Å². The Kier molecular flexibility index (Phi) is 13.3. The predicted molar refractivity (Wildman–Crippen MR) is 202 cm³/mol. The zero-order valence-electron chi connectivity index (χ0n) is 29.5. The van der Waals surface area contributed by atoms with E-state index < -0.39 is 17.9 Å². The quantitative estimate of drug-likeness (QED) is 0.100. The molecule has 0 spiro atoms. The van der Waals surface area contributed by atoms with E-state index in [2.05, 4.69) is 34.5 Å². The van der Waals surface area contributed by atoms with Gasteiger partial charge < -0.3 is 24.3 Å². The van der Waals surface area contributed by atoms with Crippen molar-refractivity contribution in [2.24, 2.45) is 0 Å². The highest BCUT2D eigenvalue weighted by Crippen LogP contribution is 2.40. The SMILES string of the molecule is CC1=C(C(=O)OCCC(c2ccccc2)c2ccccc2)C(c2cccc(Cl)c2)C(C(=O)OCc2ccccc2)=C(COCCN2CCOCC2)N1. The number of allylic oxidation sites excluding steroid dienone is 1. The van der Waals surface area contributed by atoms with Crippen LogP contribution in [0.25, 0.3) is 0 Å². The summed E-state index contributed by atoms with van der Waals surface area (Å²) < 4.78 is 23.7. The Hall–Kier alpha value is -4.73. The first kappa shape index (κ1) is 37.0. The summed E-state index contributed by atoms with van der Waals surface area (Å²) in [6.45, 7) is 6.48. The molecular weight excluding hydrogens is 676 g/mol. The minimum Gasteiger partial charge on any atom is -0.462 e. The highest BCUT2D eigenvalue weighted by molar-refractivity contribution is 6.30. The van der Waals surface area contributed by atoms with Crippen LogP contribution in [-0.4, -0.2) is 69.5 Å². The summed E-state index contributed by atoms with van der Waals surface area (Å²) in [5, 5.41) is 3.83. The summed E-state index contributed by atoms with van der Waals surface area (Å²) in [5.74, 6) is -1.86. The Morgan fingerprint density at radius 2 is 1.42 bits per heavy atom. The fourth-order valence-electron chi connectivity index (χ4n) is 6.78. The molecule has 0 radical (unpaired) electrons. The number of halogens is 1. The number of ether oxygens (including phenoxy) is 4. The van der Waals surface area contributed by atoms with Gasteiger partial charge in [-0.05, 0) is 47.7 Å². The van der Waals surface area contributed by atoms with Gasteiger partial charge in [-0.25, -0.2) is 9.59 Å². The predicted octanol–water partition coefficient (Wildman–Crippen LogP) is 7.41. The van der Waals surface area contributed by atoms with Gasteiger partial charge in [-0.2, -0.15) is 0 Å². The molecule has 1 unspecified atom stereocenters. The summed E-state index contributed by atoms with van der Waals surface area (Å²) in [6, 6.07) is 37.1. The van der Waals surface area contributed by atoms with E-state index in [9.17, 15) is 9.59 Å². The van der Waals surface area contributed by atoms with Crippen molar-refractivity contribution in [3.05, 3.63) is 165 Å². The molecule has 0 aromatic heterocycles.